The van der Waals surface area contributed by atoms with Gasteiger partial charge in [-0.1, -0.05) is 6.92 Å². The summed E-state index contributed by atoms with van der Waals surface area (Å²) in [7, 11) is -3.03. The third kappa shape index (κ3) is 0.577. The molecule has 1 N–H and O–H groups in total. The van der Waals surface area contributed by atoms with Gasteiger partial charge in [0.05, 0.1) is 16.1 Å². The average Bonchev–Trinajstić information content (AvgIpc) is 1.96. The van der Waals surface area contributed by atoms with Crippen LogP contribution in [0.25, 0.3) is 0 Å². The van der Waals surface area contributed by atoms with Crippen molar-refractivity contribution in [1.29, 1.82) is 0 Å². The first-order valence-corrected chi connectivity index (χ1v) is 5.78. The molecule has 4 atom stereocenters. The molecule has 0 bridgehead atoms. The van der Waals surface area contributed by atoms with Gasteiger partial charge in [0.1, 0.15) is 0 Å². The molecule has 0 aromatic carbocycles. The highest BCUT2D eigenvalue weighted by molar-refractivity contribution is 7.95. The van der Waals surface area contributed by atoms with Gasteiger partial charge in [0.25, 0.3) is 0 Å². The molecule has 4 heteroatoms. The molecular formula is C8H14O3S. The van der Waals surface area contributed by atoms with E-state index >= 15 is 0 Å². The third-order valence-electron chi connectivity index (χ3n) is 3.69. The van der Waals surface area contributed by atoms with Crippen LogP contribution < -0.4 is 0 Å². The van der Waals surface area contributed by atoms with Crippen molar-refractivity contribution in [1.82, 2.24) is 0 Å². The Balaban J connectivity index is 2.38. The van der Waals surface area contributed by atoms with E-state index in [0.29, 0.717) is 0 Å². The van der Waals surface area contributed by atoms with Crippen LogP contribution in [0.3, 0.4) is 0 Å². The Morgan fingerprint density at radius 2 is 1.83 bits per heavy atom. The molecule has 2 aliphatic rings. The lowest BCUT2D eigenvalue weighted by Crippen LogP contribution is -2.78. The molecular weight excluding hydrogens is 176 g/mol. The number of sulfone groups is 1. The van der Waals surface area contributed by atoms with E-state index in [4.69, 9.17) is 0 Å². The molecule has 0 spiro atoms. The third-order valence-corrected chi connectivity index (χ3v) is 6.72. The predicted molar refractivity (Wildman–Crippen MR) is 45.4 cm³/mol. The quantitative estimate of drug-likeness (QED) is 0.593. The lowest BCUT2D eigenvalue weighted by Gasteiger charge is -2.63. The van der Waals surface area contributed by atoms with E-state index in [1.807, 2.05) is 6.92 Å². The first-order chi connectivity index (χ1) is 5.32. The fraction of sp³-hybridized carbons (Fsp3) is 1.00. The largest absolute Gasteiger partial charge is 0.391 e. The fourth-order valence-electron chi connectivity index (χ4n) is 2.75. The highest BCUT2D eigenvalue weighted by atomic mass is 32.2. The predicted octanol–water partition coefficient (Wildman–Crippen LogP) is 0.189. The van der Waals surface area contributed by atoms with Gasteiger partial charge in [-0.3, -0.25) is 0 Å². The molecule has 3 nitrogen and oxygen atoms in total. The summed E-state index contributed by atoms with van der Waals surface area (Å²) in [5.41, 5.74) is 0. The molecule has 0 unspecified atom stereocenters. The fourth-order valence-corrected chi connectivity index (χ4v) is 5.56. The van der Waals surface area contributed by atoms with Crippen molar-refractivity contribution in [3.05, 3.63) is 0 Å². The Labute approximate surface area is 72.7 Å². The minimum Gasteiger partial charge on any atom is -0.391 e. The maximum atomic E-state index is 11.5. The highest BCUT2D eigenvalue weighted by Gasteiger charge is 2.73. The van der Waals surface area contributed by atoms with E-state index in [2.05, 4.69) is 0 Å². The van der Waals surface area contributed by atoms with E-state index in [-0.39, 0.29) is 11.8 Å². The molecule has 1 saturated heterocycles. The number of hydrogen-bond donors (Lipinski definition) is 1. The summed E-state index contributed by atoms with van der Waals surface area (Å²) in [5, 5.41) is 8.94. The molecule has 12 heavy (non-hydrogen) atoms. The maximum absolute atomic E-state index is 11.5. The minimum atomic E-state index is -3.03. The Kier molecular flexibility index (Phi) is 1.33. The first kappa shape index (κ1) is 8.51. The Hall–Kier alpha value is -0.0900. The van der Waals surface area contributed by atoms with Crippen LogP contribution in [-0.2, 0) is 9.84 Å². The van der Waals surface area contributed by atoms with Crippen molar-refractivity contribution >= 4 is 9.84 Å². The topological polar surface area (TPSA) is 54.4 Å². The van der Waals surface area contributed by atoms with Gasteiger partial charge in [-0.15, -0.1) is 0 Å². The summed E-state index contributed by atoms with van der Waals surface area (Å²) in [6, 6.07) is 0. The smallest absolute Gasteiger partial charge is 0.161 e. The van der Waals surface area contributed by atoms with E-state index in [1.54, 1.807) is 13.8 Å². The zero-order valence-electron chi connectivity index (χ0n) is 7.48. The van der Waals surface area contributed by atoms with Crippen molar-refractivity contribution < 1.29 is 13.5 Å². The molecule has 1 aliphatic heterocycles. The van der Waals surface area contributed by atoms with E-state index in [1.165, 1.54) is 0 Å². The van der Waals surface area contributed by atoms with Crippen molar-refractivity contribution in [2.75, 3.05) is 0 Å². The van der Waals surface area contributed by atoms with Crippen LogP contribution in [0.1, 0.15) is 20.8 Å². The van der Waals surface area contributed by atoms with Gasteiger partial charge >= 0.3 is 0 Å². The van der Waals surface area contributed by atoms with Crippen molar-refractivity contribution in [2.24, 2.45) is 11.8 Å². The summed E-state index contributed by atoms with van der Waals surface area (Å²) < 4.78 is 22.5. The molecule has 0 amide bonds. The summed E-state index contributed by atoms with van der Waals surface area (Å²) in [4.78, 5) is 0. The summed E-state index contributed by atoms with van der Waals surface area (Å²) in [6.45, 7) is 5.43. The van der Waals surface area contributed by atoms with Gasteiger partial charge in [-0.2, -0.15) is 0 Å². The lowest BCUT2D eigenvalue weighted by molar-refractivity contribution is -0.0531. The van der Waals surface area contributed by atoms with E-state index in [9.17, 15) is 13.5 Å². The monoisotopic (exact) mass is 190 g/mol. The molecule has 0 radical (unpaired) electrons. The Morgan fingerprint density at radius 1 is 1.33 bits per heavy atom. The van der Waals surface area contributed by atoms with Gasteiger partial charge in [0.15, 0.2) is 9.84 Å². The zero-order chi connectivity index (χ0) is 9.31. The SMILES string of the molecule is C[C@@H]1[C@H](O)[C@H]2[C@H]1C(C)(C)S2(=O)=O. The number of fused-ring (bicyclic) bond motifs is 1. The second kappa shape index (κ2) is 1.87. The van der Waals surface area contributed by atoms with Gasteiger partial charge in [-0.25, -0.2) is 8.42 Å². The molecule has 1 heterocycles. The Bertz CT molecular complexity index is 317. The van der Waals surface area contributed by atoms with Crippen molar-refractivity contribution in [2.45, 2.75) is 36.9 Å². The average molecular weight is 190 g/mol. The molecule has 0 aromatic heterocycles. The number of rotatable bonds is 0. The second-order valence-electron chi connectivity index (χ2n) is 4.49. The summed E-state index contributed by atoms with van der Waals surface area (Å²) in [6.07, 6.45) is -0.618. The standard InChI is InChI=1S/C8H14O3S/c1-4-5-7(6(4)9)12(10,11)8(5,2)3/h4-7,9H,1-3H3/t4-,5-,6-,7+/m0/s1. The van der Waals surface area contributed by atoms with Crippen LogP contribution in [-0.4, -0.2) is 29.6 Å². The highest BCUT2D eigenvalue weighted by Crippen LogP contribution is 2.59. The van der Waals surface area contributed by atoms with Gasteiger partial charge in [-0.05, 0) is 19.8 Å². The van der Waals surface area contributed by atoms with Crippen LogP contribution in [0.5, 0.6) is 0 Å². The molecule has 2 fully saturated rings. The van der Waals surface area contributed by atoms with Crippen LogP contribution >= 0.6 is 0 Å². The zero-order valence-corrected chi connectivity index (χ0v) is 8.30. The minimum absolute atomic E-state index is 0.147. The lowest BCUT2D eigenvalue weighted by atomic mass is 9.64. The van der Waals surface area contributed by atoms with Crippen LogP contribution in [0.2, 0.25) is 0 Å². The Morgan fingerprint density at radius 3 is 2.25 bits per heavy atom. The first-order valence-electron chi connectivity index (χ1n) is 4.23. The van der Waals surface area contributed by atoms with Crippen molar-refractivity contribution in [3.8, 4) is 0 Å². The summed E-state index contributed by atoms with van der Waals surface area (Å²) >= 11 is 0. The number of aliphatic hydroxyl groups excluding tert-OH is 1. The van der Waals surface area contributed by atoms with Crippen LogP contribution in [0.15, 0.2) is 0 Å². The molecule has 1 aliphatic carbocycles. The molecule has 0 aromatic rings. The van der Waals surface area contributed by atoms with Gasteiger partial charge in [0.2, 0.25) is 0 Å². The van der Waals surface area contributed by atoms with Crippen molar-refractivity contribution in [3.63, 3.8) is 0 Å². The maximum Gasteiger partial charge on any atom is 0.161 e. The molecule has 2 rings (SSSR count). The second-order valence-corrected chi connectivity index (χ2v) is 7.18. The van der Waals surface area contributed by atoms with Crippen LogP contribution in [0.4, 0.5) is 0 Å². The van der Waals surface area contributed by atoms with E-state index < -0.39 is 25.9 Å². The molecule has 1 saturated carbocycles. The van der Waals surface area contributed by atoms with Crippen LogP contribution in [0, 0.1) is 11.8 Å². The van der Waals surface area contributed by atoms with Gasteiger partial charge in [0, 0.05) is 5.92 Å². The normalized spacial score (nSPS) is 53.3. The number of aliphatic hydroxyl groups is 1. The number of hydrogen-bond acceptors (Lipinski definition) is 3. The van der Waals surface area contributed by atoms with Gasteiger partial charge < -0.3 is 5.11 Å². The van der Waals surface area contributed by atoms with E-state index in [0.717, 1.165) is 0 Å². The molecule has 70 valence electrons. The summed E-state index contributed by atoms with van der Waals surface area (Å²) in [5.74, 6) is 0.325.